The van der Waals surface area contributed by atoms with E-state index in [1.165, 1.54) is 7.11 Å². The van der Waals surface area contributed by atoms with Crippen molar-refractivity contribution in [2.24, 2.45) is 5.73 Å². The van der Waals surface area contributed by atoms with Crippen molar-refractivity contribution in [3.05, 3.63) is 16.1 Å². The lowest BCUT2D eigenvalue weighted by molar-refractivity contribution is -0.133. The third-order valence-electron chi connectivity index (χ3n) is 2.11. The number of amides is 1. The minimum atomic E-state index is -0.602. The van der Waals surface area contributed by atoms with Crippen molar-refractivity contribution in [2.45, 2.75) is 19.5 Å². The Bertz CT molecular complexity index is 354. The number of aromatic nitrogens is 1. The van der Waals surface area contributed by atoms with Crippen molar-refractivity contribution >= 4 is 17.2 Å². The summed E-state index contributed by atoms with van der Waals surface area (Å²) in [5, 5.41) is 2.94. The molecule has 0 aliphatic heterocycles. The maximum atomic E-state index is 11.7. The first-order valence-electron chi connectivity index (χ1n) is 4.95. The van der Waals surface area contributed by atoms with E-state index >= 15 is 0 Å². The molecule has 1 atom stereocenters. The highest BCUT2D eigenvalue weighted by atomic mass is 32.1. The molecule has 0 saturated heterocycles. The molecule has 0 saturated carbocycles. The van der Waals surface area contributed by atoms with Crippen LogP contribution in [0.25, 0.3) is 0 Å². The van der Waals surface area contributed by atoms with Crippen LogP contribution in [0.2, 0.25) is 0 Å². The maximum Gasteiger partial charge on any atom is 0.241 e. The second-order valence-corrected chi connectivity index (χ2v) is 4.68. The zero-order chi connectivity index (χ0) is 12.1. The van der Waals surface area contributed by atoms with Crippen LogP contribution < -0.4 is 5.73 Å². The minimum absolute atomic E-state index is 0.132. The van der Waals surface area contributed by atoms with Gasteiger partial charge in [-0.05, 0) is 6.92 Å². The normalized spacial score (nSPS) is 12.5. The molecule has 0 aliphatic carbocycles. The molecule has 0 aromatic carbocycles. The molecule has 6 heteroatoms. The average molecular weight is 243 g/mol. The number of carbonyl (C=O) groups excluding carboxylic acids is 1. The van der Waals surface area contributed by atoms with Crippen molar-refractivity contribution in [1.82, 2.24) is 9.88 Å². The van der Waals surface area contributed by atoms with Crippen LogP contribution in [0.1, 0.15) is 10.7 Å². The minimum Gasteiger partial charge on any atom is -0.383 e. The Morgan fingerprint density at radius 1 is 1.75 bits per heavy atom. The molecule has 1 amide bonds. The highest BCUT2D eigenvalue weighted by Crippen LogP contribution is 2.10. The van der Waals surface area contributed by atoms with Gasteiger partial charge in [0.25, 0.3) is 0 Å². The molecule has 1 unspecified atom stereocenters. The van der Waals surface area contributed by atoms with Gasteiger partial charge in [0.05, 0.1) is 23.9 Å². The number of aryl methyl sites for hydroxylation is 1. The third kappa shape index (κ3) is 3.55. The standard InChI is InChI=1S/C10H17N3O2S/c1-7-12-8(6-16-7)4-13(2)10(14)9(11)5-15-3/h6,9H,4-5,11H2,1-3H3. The summed E-state index contributed by atoms with van der Waals surface area (Å²) in [7, 11) is 3.24. The highest BCUT2D eigenvalue weighted by molar-refractivity contribution is 7.09. The van der Waals surface area contributed by atoms with Crippen LogP contribution in [0.4, 0.5) is 0 Å². The summed E-state index contributed by atoms with van der Waals surface area (Å²) in [6.45, 7) is 2.66. The number of rotatable bonds is 5. The fourth-order valence-electron chi connectivity index (χ4n) is 1.34. The summed E-state index contributed by atoms with van der Waals surface area (Å²) >= 11 is 1.57. The van der Waals surface area contributed by atoms with E-state index in [4.69, 9.17) is 10.5 Å². The molecule has 0 aliphatic rings. The van der Waals surface area contributed by atoms with Gasteiger partial charge >= 0.3 is 0 Å². The fourth-order valence-corrected chi connectivity index (χ4v) is 1.94. The molecule has 0 fully saturated rings. The number of methoxy groups -OCH3 is 1. The van der Waals surface area contributed by atoms with Crippen LogP contribution >= 0.6 is 11.3 Å². The summed E-state index contributed by atoms with van der Waals surface area (Å²) in [4.78, 5) is 17.6. The van der Waals surface area contributed by atoms with Gasteiger partial charge in [-0.25, -0.2) is 4.98 Å². The van der Waals surface area contributed by atoms with Crippen molar-refractivity contribution in [2.75, 3.05) is 20.8 Å². The number of hydrogen-bond acceptors (Lipinski definition) is 5. The Morgan fingerprint density at radius 2 is 2.44 bits per heavy atom. The molecule has 90 valence electrons. The summed E-state index contributed by atoms with van der Waals surface area (Å²) in [5.41, 5.74) is 6.55. The predicted molar refractivity (Wildman–Crippen MR) is 63.2 cm³/mol. The number of nitrogens with two attached hydrogens (primary N) is 1. The van der Waals surface area contributed by atoms with E-state index in [-0.39, 0.29) is 12.5 Å². The van der Waals surface area contributed by atoms with Gasteiger partial charge in [0, 0.05) is 19.5 Å². The van der Waals surface area contributed by atoms with E-state index in [1.54, 1.807) is 23.3 Å². The molecule has 1 heterocycles. The number of carbonyl (C=O) groups is 1. The van der Waals surface area contributed by atoms with Gasteiger partial charge in [0.2, 0.25) is 5.91 Å². The van der Waals surface area contributed by atoms with E-state index in [0.29, 0.717) is 6.54 Å². The quantitative estimate of drug-likeness (QED) is 0.812. The van der Waals surface area contributed by atoms with Gasteiger partial charge in [0.1, 0.15) is 6.04 Å². The Morgan fingerprint density at radius 3 is 2.94 bits per heavy atom. The zero-order valence-corrected chi connectivity index (χ0v) is 10.6. The molecule has 0 radical (unpaired) electrons. The summed E-state index contributed by atoms with van der Waals surface area (Å²) < 4.78 is 4.84. The Balaban J connectivity index is 2.51. The predicted octanol–water partition coefficient (Wildman–Crippen LogP) is 0.384. The van der Waals surface area contributed by atoms with Gasteiger partial charge in [-0.3, -0.25) is 4.79 Å². The lowest BCUT2D eigenvalue weighted by atomic mass is 10.3. The molecule has 1 rings (SSSR count). The van der Waals surface area contributed by atoms with Crippen LogP contribution in [-0.4, -0.2) is 42.6 Å². The first kappa shape index (κ1) is 13.1. The van der Waals surface area contributed by atoms with E-state index in [1.807, 2.05) is 12.3 Å². The van der Waals surface area contributed by atoms with Crippen LogP contribution in [-0.2, 0) is 16.1 Å². The molecule has 0 bridgehead atoms. The summed E-state index contributed by atoms with van der Waals surface area (Å²) in [5.74, 6) is -0.132. The second-order valence-electron chi connectivity index (χ2n) is 3.61. The van der Waals surface area contributed by atoms with Crippen molar-refractivity contribution in [1.29, 1.82) is 0 Å². The van der Waals surface area contributed by atoms with E-state index < -0.39 is 6.04 Å². The number of ether oxygens (including phenoxy) is 1. The first-order valence-corrected chi connectivity index (χ1v) is 5.83. The summed E-state index contributed by atoms with van der Waals surface area (Å²) in [6.07, 6.45) is 0. The first-order chi connectivity index (χ1) is 7.54. The van der Waals surface area contributed by atoms with Crippen LogP contribution in [0, 0.1) is 6.92 Å². The number of thiazole rings is 1. The summed E-state index contributed by atoms with van der Waals surface area (Å²) in [6, 6.07) is -0.602. The topological polar surface area (TPSA) is 68.5 Å². The molecule has 2 N–H and O–H groups in total. The average Bonchev–Trinajstić information content (AvgIpc) is 2.63. The molecular weight excluding hydrogens is 226 g/mol. The van der Waals surface area contributed by atoms with Gasteiger partial charge in [-0.1, -0.05) is 0 Å². The van der Waals surface area contributed by atoms with Gasteiger partial charge in [-0.15, -0.1) is 11.3 Å². The van der Waals surface area contributed by atoms with Crippen LogP contribution in [0.15, 0.2) is 5.38 Å². The second kappa shape index (κ2) is 5.93. The van der Waals surface area contributed by atoms with Crippen molar-refractivity contribution in [3.8, 4) is 0 Å². The lowest BCUT2D eigenvalue weighted by Crippen LogP contribution is -2.44. The Kier molecular flexibility index (Phi) is 4.85. The molecular formula is C10H17N3O2S. The van der Waals surface area contributed by atoms with Crippen LogP contribution in [0.3, 0.4) is 0 Å². The fraction of sp³-hybridized carbons (Fsp3) is 0.600. The molecule has 1 aromatic rings. The number of nitrogens with zero attached hydrogens (tertiary/aromatic N) is 2. The molecule has 1 aromatic heterocycles. The molecule has 0 spiro atoms. The third-order valence-corrected chi connectivity index (χ3v) is 2.93. The SMILES string of the molecule is COCC(N)C(=O)N(C)Cc1csc(C)n1. The smallest absolute Gasteiger partial charge is 0.241 e. The van der Waals surface area contributed by atoms with Gasteiger partial charge in [0.15, 0.2) is 0 Å². The number of hydrogen-bond donors (Lipinski definition) is 1. The van der Waals surface area contributed by atoms with E-state index in [0.717, 1.165) is 10.7 Å². The lowest BCUT2D eigenvalue weighted by Gasteiger charge is -2.19. The Labute approximate surface area is 99.2 Å². The number of likely N-dealkylation sites (N-methyl/N-ethyl adjacent to an activating group) is 1. The largest absolute Gasteiger partial charge is 0.383 e. The monoisotopic (exact) mass is 243 g/mol. The van der Waals surface area contributed by atoms with Gasteiger partial charge < -0.3 is 15.4 Å². The van der Waals surface area contributed by atoms with Crippen molar-refractivity contribution in [3.63, 3.8) is 0 Å². The van der Waals surface area contributed by atoms with Gasteiger partial charge in [-0.2, -0.15) is 0 Å². The highest BCUT2D eigenvalue weighted by Gasteiger charge is 2.18. The molecule has 5 nitrogen and oxygen atoms in total. The zero-order valence-electron chi connectivity index (χ0n) is 9.77. The Hall–Kier alpha value is -0.980. The maximum absolute atomic E-state index is 11.7. The molecule has 16 heavy (non-hydrogen) atoms. The van der Waals surface area contributed by atoms with E-state index in [9.17, 15) is 4.79 Å². The van der Waals surface area contributed by atoms with Crippen LogP contribution in [0.5, 0.6) is 0 Å². The van der Waals surface area contributed by atoms with E-state index in [2.05, 4.69) is 4.98 Å². The van der Waals surface area contributed by atoms with Crippen molar-refractivity contribution < 1.29 is 9.53 Å².